The van der Waals surface area contributed by atoms with Crippen LogP contribution >= 0.6 is 0 Å². The second-order valence-corrected chi connectivity index (χ2v) is 16.0. The Hall–Kier alpha value is -1.59. The third-order valence-electron chi connectivity index (χ3n) is 11.8. The Balaban J connectivity index is 1.40. The summed E-state index contributed by atoms with van der Waals surface area (Å²) in [5.74, 6) is 0.284. The van der Waals surface area contributed by atoms with Gasteiger partial charge in [0.2, 0.25) is 0 Å². The van der Waals surface area contributed by atoms with Crippen molar-refractivity contribution < 1.29 is 45.0 Å². The number of hydrogen-bond acceptors (Lipinski definition) is 4. The first-order valence-electron chi connectivity index (χ1n) is 14.9. The molecule has 0 amide bonds. The summed E-state index contributed by atoms with van der Waals surface area (Å²) in [7, 11) is -4.17. The van der Waals surface area contributed by atoms with E-state index in [9.17, 15) is 45.0 Å². The normalized spacial score (nSPS) is 38.6. The predicted molar refractivity (Wildman–Crippen MR) is 145 cm³/mol. The Morgan fingerprint density at radius 2 is 1.62 bits per heavy atom. The second-order valence-electron chi connectivity index (χ2n) is 13.8. The number of aliphatic hydroxyl groups is 2. The van der Waals surface area contributed by atoms with Gasteiger partial charge in [0.05, 0.1) is 10.1 Å². The van der Waals surface area contributed by atoms with Crippen molar-refractivity contribution in [2.45, 2.75) is 112 Å². The first-order valence-corrected chi connectivity index (χ1v) is 16.4. The Labute approximate surface area is 243 Å². The Bertz CT molecular complexity index is 1290. The molecule has 1 aromatic carbocycles. The van der Waals surface area contributed by atoms with Crippen molar-refractivity contribution in [1.29, 1.82) is 0 Å². The predicted octanol–water partition coefficient (Wildman–Crippen LogP) is 7.40. The monoisotopic (exact) mass is 622 g/mol. The Kier molecular flexibility index (Phi) is 7.96. The summed E-state index contributed by atoms with van der Waals surface area (Å²) in [5.41, 5.74) is -2.84. The molecule has 0 aromatic heterocycles. The number of rotatable bonds is 6. The number of aliphatic hydroxyl groups excluding tert-OH is 1. The maximum Gasteiger partial charge on any atom is 0.417 e. The largest absolute Gasteiger partial charge is 0.417 e. The molecule has 4 aliphatic carbocycles. The van der Waals surface area contributed by atoms with Crippen LogP contribution in [0, 0.1) is 34.5 Å². The van der Waals surface area contributed by atoms with Crippen molar-refractivity contribution in [3.8, 4) is 0 Å². The van der Waals surface area contributed by atoms with E-state index in [1.165, 1.54) is 24.3 Å². The van der Waals surface area contributed by atoms with Gasteiger partial charge in [-0.3, -0.25) is 0 Å². The summed E-state index contributed by atoms with van der Waals surface area (Å²) < 4.78 is 108. The molecule has 9 atom stereocenters. The van der Waals surface area contributed by atoms with Gasteiger partial charge in [0.25, 0.3) is 0 Å². The summed E-state index contributed by atoms with van der Waals surface area (Å²) in [6, 6.07) is 7.39. The zero-order valence-corrected chi connectivity index (χ0v) is 24.7. The lowest BCUT2D eigenvalue weighted by Gasteiger charge is -2.59. The van der Waals surface area contributed by atoms with E-state index in [2.05, 4.69) is 6.92 Å². The molecule has 1 aromatic rings. The van der Waals surface area contributed by atoms with Gasteiger partial charge in [0.1, 0.15) is 0 Å². The van der Waals surface area contributed by atoms with Crippen LogP contribution in [0.15, 0.2) is 46.9 Å². The van der Waals surface area contributed by atoms with Gasteiger partial charge in [-0.25, -0.2) is 8.42 Å². The van der Waals surface area contributed by atoms with Gasteiger partial charge in [-0.05, 0) is 104 Å². The number of fused-ring (bicyclic) bond motifs is 5. The molecule has 0 heterocycles. The lowest BCUT2D eigenvalue weighted by Crippen LogP contribution is -2.55. The molecular formula is C31H40F6O4S. The highest BCUT2D eigenvalue weighted by atomic mass is 32.2. The summed E-state index contributed by atoms with van der Waals surface area (Å²) in [4.78, 5) is -0.0678. The molecule has 0 radical (unpaired) electrons. The average molecular weight is 623 g/mol. The van der Waals surface area contributed by atoms with Crippen molar-refractivity contribution in [2.24, 2.45) is 34.5 Å². The van der Waals surface area contributed by atoms with Crippen LogP contribution in [-0.4, -0.2) is 47.9 Å². The molecule has 11 heteroatoms. The van der Waals surface area contributed by atoms with Crippen LogP contribution in [0.2, 0.25) is 0 Å². The molecule has 0 saturated heterocycles. The number of allylic oxidation sites excluding steroid dienone is 1. The van der Waals surface area contributed by atoms with Gasteiger partial charge in [-0.2, -0.15) is 26.3 Å². The van der Waals surface area contributed by atoms with E-state index in [1.54, 1.807) is 6.07 Å². The molecule has 0 bridgehead atoms. The van der Waals surface area contributed by atoms with Crippen LogP contribution in [0.4, 0.5) is 26.3 Å². The van der Waals surface area contributed by atoms with E-state index in [0.717, 1.165) is 12.8 Å². The van der Waals surface area contributed by atoms with Gasteiger partial charge in [0, 0.05) is 6.42 Å². The van der Waals surface area contributed by atoms with Crippen LogP contribution in [-0.2, 0) is 9.84 Å². The standard InChI is InChI=1S/C31H40F6O4S/c1-27-13-12-25-23(10-8-20-18-29(39,31(35,36)37)15-14-28(20,25)2)24(27)11-9-19(27)16-22(17-26(38)30(32,33)34)42(40,41)21-6-4-3-5-7-21/h3-8,19,22-26,38-39H,9-18H2,1-2H3. The highest BCUT2D eigenvalue weighted by molar-refractivity contribution is 7.92. The van der Waals surface area contributed by atoms with E-state index in [1.807, 2.05) is 13.0 Å². The average Bonchev–Trinajstić information content (AvgIpc) is 3.24. The van der Waals surface area contributed by atoms with Crippen LogP contribution in [0.5, 0.6) is 0 Å². The summed E-state index contributed by atoms with van der Waals surface area (Å²) in [5, 5.41) is 18.9. The quantitative estimate of drug-likeness (QED) is 0.256. The van der Waals surface area contributed by atoms with Crippen LogP contribution < -0.4 is 0 Å². The fourth-order valence-electron chi connectivity index (χ4n) is 9.24. The van der Waals surface area contributed by atoms with Gasteiger partial charge in [-0.1, -0.05) is 43.7 Å². The molecule has 4 nitrogen and oxygen atoms in total. The summed E-state index contributed by atoms with van der Waals surface area (Å²) in [6.07, 6.45) is -8.54. The molecule has 4 aliphatic rings. The molecule has 236 valence electrons. The van der Waals surface area contributed by atoms with Crippen molar-refractivity contribution in [3.63, 3.8) is 0 Å². The smallest absolute Gasteiger partial charge is 0.384 e. The van der Waals surface area contributed by atoms with E-state index in [0.29, 0.717) is 24.8 Å². The molecular weight excluding hydrogens is 582 g/mol. The maximum atomic E-state index is 13.7. The van der Waals surface area contributed by atoms with E-state index >= 15 is 0 Å². The SMILES string of the molecule is CC12CCC(O)(C(F)(F)F)CC1=CCC1C2CCC2(C)C(CC(CC(O)C(F)(F)F)S(=O)(=O)c3ccccc3)CCC12. The molecule has 42 heavy (non-hydrogen) atoms. The van der Waals surface area contributed by atoms with Crippen molar-refractivity contribution in [1.82, 2.24) is 0 Å². The van der Waals surface area contributed by atoms with Gasteiger partial charge < -0.3 is 10.2 Å². The minimum Gasteiger partial charge on any atom is -0.384 e. The number of halogens is 6. The van der Waals surface area contributed by atoms with Crippen molar-refractivity contribution in [2.75, 3.05) is 0 Å². The lowest BCUT2D eigenvalue weighted by molar-refractivity contribution is -0.271. The van der Waals surface area contributed by atoms with Crippen molar-refractivity contribution >= 4 is 9.84 Å². The minimum atomic E-state index is -4.94. The maximum absolute atomic E-state index is 13.7. The number of benzene rings is 1. The highest BCUT2D eigenvalue weighted by Crippen LogP contribution is 2.68. The molecule has 9 unspecified atom stereocenters. The van der Waals surface area contributed by atoms with E-state index < -0.39 is 57.4 Å². The number of sulfone groups is 1. The third-order valence-corrected chi connectivity index (χ3v) is 14.0. The first kappa shape index (κ1) is 31.8. The summed E-state index contributed by atoms with van der Waals surface area (Å²) >= 11 is 0. The molecule has 2 N–H and O–H groups in total. The van der Waals surface area contributed by atoms with Crippen LogP contribution in [0.1, 0.15) is 78.1 Å². The van der Waals surface area contributed by atoms with E-state index in [4.69, 9.17) is 0 Å². The molecule has 3 fully saturated rings. The second kappa shape index (κ2) is 10.5. The van der Waals surface area contributed by atoms with Gasteiger partial charge >= 0.3 is 12.4 Å². The van der Waals surface area contributed by atoms with Crippen molar-refractivity contribution in [3.05, 3.63) is 42.0 Å². The molecule has 5 rings (SSSR count). The molecule has 0 aliphatic heterocycles. The van der Waals surface area contributed by atoms with Crippen LogP contribution in [0.25, 0.3) is 0 Å². The van der Waals surface area contributed by atoms with E-state index in [-0.39, 0.29) is 53.2 Å². The Morgan fingerprint density at radius 3 is 2.24 bits per heavy atom. The van der Waals surface area contributed by atoms with Gasteiger partial charge in [-0.15, -0.1) is 0 Å². The fourth-order valence-corrected chi connectivity index (χ4v) is 11.1. The zero-order chi connectivity index (χ0) is 30.9. The lowest BCUT2D eigenvalue weighted by atomic mass is 9.46. The topological polar surface area (TPSA) is 74.6 Å². The van der Waals surface area contributed by atoms with Gasteiger partial charge in [0.15, 0.2) is 21.5 Å². The van der Waals surface area contributed by atoms with Crippen LogP contribution in [0.3, 0.4) is 0 Å². The minimum absolute atomic E-state index is 0.00568. The number of alkyl halides is 6. The highest BCUT2D eigenvalue weighted by Gasteiger charge is 2.63. The molecule has 0 spiro atoms. The summed E-state index contributed by atoms with van der Waals surface area (Å²) in [6.45, 7) is 4.12. The number of hydrogen-bond donors (Lipinski definition) is 2. The first-order chi connectivity index (χ1) is 19.3. The zero-order valence-electron chi connectivity index (χ0n) is 23.9. The Morgan fingerprint density at radius 1 is 0.952 bits per heavy atom. The molecule has 3 saturated carbocycles. The fraction of sp³-hybridized carbons (Fsp3) is 0.742. The third kappa shape index (κ3) is 5.23.